The molecule has 1 fully saturated rings. The number of hydrogen-bond acceptors (Lipinski definition) is 4. The van der Waals surface area contributed by atoms with Gasteiger partial charge in [-0.1, -0.05) is 5.16 Å². The summed E-state index contributed by atoms with van der Waals surface area (Å²) in [5.41, 5.74) is 6.93. The van der Waals surface area contributed by atoms with Gasteiger partial charge in [0.25, 0.3) is 0 Å². The second kappa shape index (κ2) is 2.26. The van der Waals surface area contributed by atoms with Crippen LogP contribution >= 0.6 is 0 Å². The van der Waals surface area contributed by atoms with E-state index in [1.165, 1.54) is 12.8 Å². The normalized spacial score (nSPS) is 32.1. The predicted octanol–water partition coefficient (Wildman–Crippen LogP) is 0.948. The third-order valence-electron chi connectivity index (χ3n) is 3.43. The average molecular weight is 179 g/mol. The van der Waals surface area contributed by atoms with E-state index in [0.717, 1.165) is 17.7 Å². The van der Waals surface area contributed by atoms with Gasteiger partial charge in [0.05, 0.1) is 5.56 Å². The van der Waals surface area contributed by atoms with Crippen LogP contribution in [-0.4, -0.2) is 23.1 Å². The zero-order chi connectivity index (χ0) is 9.00. The average Bonchev–Trinajstić information content (AvgIpc) is 2.58. The van der Waals surface area contributed by atoms with Gasteiger partial charge >= 0.3 is 0 Å². The second-order valence-electron chi connectivity index (χ2n) is 4.02. The molecule has 2 unspecified atom stereocenters. The van der Waals surface area contributed by atoms with E-state index in [1.807, 2.05) is 0 Å². The van der Waals surface area contributed by atoms with Gasteiger partial charge in [-0.25, -0.2) is 0 Å². The first-order valence-electron chi connectivity index (χ1n) is 4.73. The number of fused-ring (bicyclic) bond motifs is 4. The molecule has 4 nitrogen and oxygen atoms in total. The van der Waals surface area contributed by atoms with Crippen LogP contribution in [0.15, 0.2) is 4.52 Å². The molecule has 2 N–H and O–H groups in total. The van der Waals surface area contributed by atoms with Crippen molar-refractivity contribution < 1.29 is 4.52 Å². The van der Waals surface area contributed by atoms with Crippen molar-refractivity contribution in [2.75, 3.05) is 12.8 Å². The first-order chi connectivity index (χ1) is 6.27. The Morgan fingerprint density at radius 3 is 3.23 bits per heavy atom. The molecule has 1 aromatic rings. The van der Waals surface area contributed by atoms with E-state index < -0.39 is 0 Å². The summed E-state index contributed by atoms with van der Waals surface area (Å²) in [5, 5.41) is 3.83. The Morgan fingerprint density at radius 2 is 2.38 bits per heavy atom. The molecule has 70 valence electrons. The molecule has 3 rings (SSSR count). The van der Waals surface area contributed by atoms with E-state index in [0.29, 0.717) is 17.9 Å². The quantitative estimate of drug-likeness (QED) is 0.644. The van der Waals surface area contributed by atoms with Crippen molar-refractivity contribution in [2.24, 2.45) is 0 Å². The van der Waals surface area contributed by atoms with Gasteiger partial charge in [-0.3, -0.25) is 4.90 Å². The Balaban J connectivity index is 2.15. The standard InChI is InChI=1S/C9H13N3O/c1-12-5-2-3-6(12)8-7(4-5)13-11-9(8)10/h5-6H,2-4H2,1H3,(H2,10,11). The minimum atomic E-state index is 0.458. The molecule has 0 radical (unpaired) electrons. The summed E-state index contributed by atoms with van der Waals surface area (Å²) in [5.74, 6) is 1.61. The van der Waals surface area contributed by atoms with Crippen molar-refractivity contribution >= 4 is 5.82 Å². The Morgan fingerprint density at radius 1 is 1.54 bits per heavy atom. The number of likely N-dealkylation sites (N-methyl/N-ethyl adjacent to an activating group) is 1. The number of nitrogens with two attached hydrogens (primary N) is 1. The van der Waals surface area contributed by atoms with Gasteiger partial charge < -0.3 is 10.3 Å². The first kappa shape index (κ1) is 7.38. The molecule has 2 aliphatic rings. The summed E-state index contributed by atoms with van der Waals surface area (Å²) >= 11 is 0. The highest BCUT2D eigenvalue weighted by Gasteiger charge is 2.41. The van der Waals surface area contributed by atoms with Crippen LogP contribution in [0.5, 0.6) is 0 Å². The van der Waals surface area contributed by atoms with Crippen LogP contribution in [0.3, 0.4) is 0 Å². The third-order valence-corrected chi connectivity index (χ3v) is 3.43. The fourth-order valence-corrected chi connectivity index (χ4v) is 2.67. The van der Waals surface area contributed by atoms with Gasteiger partial charge in [0.1, 0.15) is 5.76 Å². The lowest BCUT2D eigenvalue weighted by Gasteiger charge is -2.29. The second-order valence-corrected chi connectivity index (χ2v) is 4.02. The highest BCUT2D eigenvalue weighted by atomic mass is 16.5. The predicted molar refractivity (Wildman–Crippen MR) is 48.1 cm³/mol. The zero-order valence-electron chi connectivity index (χ0n) is 7.66. The van der Waals surface area contributed by atoms with Crippen molar-refractivity contribution in [3.05, 3.63) is 11.3 Å². The maximum absolute atomic E-state index is 5.78. The van der Waals surface area contributed by atoms with Crippen LogP contribution < -0.4 is 5.73 Å². The van der Waals surface area contributed by atoms with Gasteiger partial charge in [0.15, 0.2) is 5.82 Å². The Hall–Kier alpha value is -1.03. The van der Waals surface area contributed by atoms with E-state index in [4.69, 9.17) is 10.3 Å². The molecule has 2 bridgehead atoms. The van der Waals surface area contributed by atoms with E-state index in [1.54, 1.807) is 0 Å². The number of rotatable bonds is 0. The van der Waals surface area contributed by atoms with Gasteiger partial charge in [0.2, 0.25) is 0 Å². The molecule has 4 heteroatoms. The first-order valence-corrected chi connectivity index (χ1v) is 4.73. The fourth-order valence-electron chi connectivity index (χ4n) is 2.67. The molecule has 0 aliphatic carbocycles. The minimum absolute atomic E-state index is 0.458. The van der Waals surface area contributed by atoms with Gasteiger partial charge in [-0.15, -0.1) is 0 Å². The maximum Gasteiger partial charge on any atom is 0.171 e. The molecular formula is C9H13N3O. The summed E-state index contributed by atoms with van der Waals surface area (Å²) in [6.07, 6.45) is 3.43. The monoisotopic (exact) mass is 179 g/mol. The highest BCUT2D eigenvalue weighted by molar-refractivity contribution is 5.45. The summed E-state index contributed by atoms with van der Waals surface area (Å²) in [6, 6.07) is 1.10. The molecule has 0 saturated carbocycles. The molecule has 3 heterocycles. The maximum atomic E-state index is 5.78. The number of nitrogen functional groups attached to an aromatic ring is 1. The molecule has 2 aliphatic heterocycles. The van der Waals surface area contributed by atoms with E-state index in [2.05, 4.69) is 17.1 Å². The van der Waals surface area contributed by atoms with Crippen LogP contribution in [0.1, 0.15) is 30.2 Å². The summed E-state index contributed by atoms with van der Waals surface area (Å²) in [6.45, 7) is 0. The number of aromatic nitrogens is 1. The summed E-state index contributed by atoms with van der Waals surface area (Å²) < 4.78 is 5.21. The van der Waals surface area contributed by atoms with E-state index in [-0.39, 0.29) is 0 Å². The Labute approximate surface area is 76.7 Å². The lowest BCUT2D eigenvalue weighted by molar-refractivity contribution is 0.206. The van der Waals surface area contributed by atoms with Gasteiger partial charge in [0, 0.05) is 18.5 Å². The van der Waals surface area contributed by atoms with Crippen molar-refractivity contribution in [3.63, 3.8) is 0 Å². The van der Waals surface area contributed by atoms with Crippen molar-refractivity contribution in [2.45, 2.75) is 31.3 Å². The minimum Gasteiger partial charge on any atom is -0.381 e. The molecule has 1 aromatic heterocycles. The zero-order valence-corrected chi connectivity index (χ0v) is 7.66. The molecule has 0 spiro atoms. The molecular weight excluding hydrogens is 166 g/mol. The molecule has 0 aromatic carbocycles. The lowest BCUT2D eigenvalue weighted by atomic mass is 10.0. The number of hydrogen-bond donors (Lipinski definition) is 1. The van der Waals surface area contributed by atoms with Gasteiger partial charge in [-0.2, -0.15) is 0 Å². The molecule has 2 atom stereocenters. The van der Waals surface area contributed by atoms with E-state index in [9.17, 15) is 0 Å². The lowest BCUT2D eigenvalue weighted by Crippen LogP contribution is -2.33. The third kappa shape index (κ3) is 0.812. The van der Waals surface area contributed by atoms with Crippen molar-refractivity contribution in [1.29, 1.82) is 0 Å². The van der Waals surface area contributed by atoms with Crippen LogP contribution in [0.2, 0.25) is 0 Å². The van der Waals surface area contributed by atoms with Gasteiger partial charge in [-0.05, 0) is 19.9 Å². The number of anilines is 1. The van der Waals surface area contributed by atoms with Crippen LogP contribution in [0.25, 0.3) is 0 Å². The molecule has 1 saturated heterocycles. The smallest absolute Gasteiger partial charge is 0.171 e. The molecule has 13 heavy (non-hydrogen) atoms. The largest absolute Gasteiger partial charge is 0.381 e. The highest BCUT2D eigenvalue weighted by Crippen LogP contribution is 2.44. The molecule has 0 amide bonds. The Bertz CT molecular complexity index is 347. The summed E-state index contributed by atoms with van der Waals surface area (Å²) in [4.78, 5) is 2.40. The van der Waals surface area contributed by atoms with E-state index >= 15 is 0 Å². The number of nitrogens with zero attached hydrogens (tertiary/aromatic N) is 2. The van der Waals surface area contributed by atoms with Crippen LogP contribution in [0.4, 0.5) is 5.82 Å². The Kier molecular flexibility index (Phi) is 1.28. The van der Waals surface area contributed by atoms with Crippen molar-refractivity contribution in [1.82, 2.24) is 10.1 Å². The SMILES string of the molecule is CN1C2CCC1c1c(N)noc1C2. The summed E-state index contributed by atoms with van der Waals surface area (Å²) in [7, 11) is 2.16. The topological polar surface area (TPSA) is 55.3 Å². The van der Waals surface area contributed by atoms with Crippen molar-refractivity contribution in [3.8, 4) is 0 Å². The fraction of sp³-hybridized carbons (Fsp3) is 0.667. The van der Waals surface area contributed by atoms with Crippen LogP contribution in [0, 0.1) is 0 Å². The van der Waals surface area contributed by atoms with Crippen LogP contribution in [-0.2, 0) is 6.42 Å².